The second-order valence-electron chi connectivity index (χ2n) is 6.90. The molecule has 1 saturated carbocycles. The summed E-state index contributed by atoms with van der Waals surface area (Å²) in [5.74, 6) is 1.34. The van der Waals surface area contributed by atoms with E-state index < -0.39 is 0 Å². The maximum Gasteiger partial charge on any atom is 0.236 e. The maximum atomic E-state index is 12.5. The van der Waals surface area contributed by atoms with Gasteiger partial charge in [0.2, 0.25) is 11.0 Å². The van der Waals surface area contributed by atoms with Crippen LogP contribution in [0.4, 0.5) is 5.13 Å². The smallest absolute Gasteiger partial charge is 0.236 e. The van der Waals surface area contributed by atoms with Gasteiger partial charge in [-0.15, -0.1) is 20.4 Å². The van der Waals surface area contributed by atoms with Crippen molar-refractivity contribution in [1.29, 1.82) is 0 Å². The van der Waals surface area contributed by atoms with Gasteiger partial charge < -0.3 is 0 Å². The van der Waals surface area contributed by atoms with E-state index in [-0.39, 0.29) is 11.7 Å². The first-order chi connectivity index (χ1) is 14.8. The van der Waals surface area contributed by atoms with Crippen molar-refractivity contribution < 1.29 is 4.79 Å². The number of para-hydroxylation sites is 1. The molecule has 5 rings (SSSR count). The fourth-order valence-electron chi connectivity index (χ4n) is 3.01. The molecule has 7 nitrogen and oxygen atoms in total. The van der Waals surface area contributed by atoms with Gasteiger partial charge in [-0.05, 0) is 25.0 Å². The Balaban J connectivity index is 1.34. The molecule has 2 heterocycles. The Hall–Kier alpha value is -3.04. The fraction of sp³-hybridized carbons (Fsp3) is 0.190. The first-order valence-electron chi connectivity index (χ1n) is 9.60. The van der Waals surface area contributed by atoms with E-state index >= 15 is 0 Å². The predicted octanol–water partition coefficient (Wildman–Crippen LogP) is 4.39. The van der Waals surface area contributed by atoms with Crippen LogP contribution in [-0.2, 0) is 4.79 Å². The zero-order valence-electron chi connectivity index (χ0n) is 15.9. The minimum Gasteiger partial charge on any atom is -0.300 e. The lowest BCUT2D eigenvalue weighted by atomic mass is 10.2. The van der Waals surface area contributed by atoms with E-state index in [2.05, 4.69) is 25.7 Å². The number of nitrogens with zero attached hydrogens (tertiary/aromatic N) is 5. The fourth-order valence-corrected chi connectivity index (χ4v) is 4.69. The number of carbonyl (C=O) groups excluding carboxylic acids is 1. The van der Waals surface area contributed by atoms with E-state index in [4.69, 9.17) is 0 Å². The van der Waals surface area contributed by atoms with Crippen molar-refractivity contribution in [3.05, 3.63) is 65.7 Å². The summed E-state index contributed by atoms with van der Waals surface area (Å²) in [5, 5.41) is 22.0. The molecule has 2 aromatic carbocycles. The quantitative estimate of drug-likeness (QED) is 0.434. The molecule has 0 radical (unpaired) electrons. The van der Waals surface area contributed by atoms with E-state index in [0.717, 1.165) is 34.9 Å². The predicted molar refractivity (Wildman–Crippen MR) is 118 cm³/mol. The summed E-state index contributed by atoms with van der Waals surface area (Å²) in [5.41, 5.74) is 1.91. The Morgan fingerprint density at radius 3 is 2.47 bits per heavy atom. The molecule has 0 unspecified atom stereocenters. The first-order valence-corrected chi connectivity index (χ1v) is 11.4. The third kappa shape index (κ3) is 4.12. The topological polar surface area (TPSA) is 85.6 Å². The number of hydrogen-bond donors (Lipinski definition) is 1. The van der Waals surface area contributed by atoms with Crippen molar-refractivity contribution in [2.45, 2.75) is 23.9 Å². The second-order valence-corrected chi connectivity index (χ2v) is 8.85. The molecule has 1 N–H and O–H groups in total. The van der Waals surface area contributed by atoms with Crippen LogP contribution in [0.1, 0.15) is 23.8 Å². The average molecular weight is 435 g/mol. The Labute approximate surface area is 181 Å². The van der Waals surface area contributed by atoms with Gasteiger partial charge in [-0.2, -0.15) is 0 Å². The van der Waals surface area contributed by atoms with E-state index in [1.165, 1.54) is 23.1 Å². The van der Waals surface area contributed by atoms with Crippen LogP contribution < -0.4 is 5.32 Å². The summed E-state index contributed by atoms with van der Waals surface area (Å²) in [4.78, 5) is 12.5. The standard InChI is InChI=1S/C21H18N6OS2/c28-17(22-20-25-24-19(30-20)15-11-12-15)13-29-21-26-23-18(14-7-3-1-4-8-14)27(21)16-9-5-2-6-10-16/h1-10,15H,11-13H2,(H,22,25,28). The van der Waals surface area contributed by atoms with Crippen LogP contribution in [0.3, 0.4) is 0 Å². The molecule has 1 aliphatic carbocycles. The van der Waals surface area contributed by atoms with Gasteiger partial charge in [-0.3, -0.25) is 14.7 Å². The molecule has 4 aromatic rings. The van der Waals surface area contributed by atoms with Crippen molar-refractivity contribution >= 4 is 34.1 Å². The van der Waals surface area contributed by atoms with Crippen LogP contribution in [0.2, 0.25) is 0 Å². The Morgan fingerprint density at radius 2 is 1.73 bits per heavy atom. The minimum absolute atomic E-state index is 0.137. The zero-order chi connectivity index (χ0) is 20.3. The third-order valence-corrected chi connectivity index (χ3v) is 6.56. The molecule has 0 bridgehead atoms. The number of hydrogen-bond acceptors (Lipinski definition) is 7. The number of rotatable bonds is 7. The largest absolute Gasteiger partial charge is 0.300 e. The minimum atomic E-state index is -0.137. The lowest BCUT2D eigenvalue weighted by Gasteiger charge is -2.10. The number of carbonyl (C=O) groups is 1. The highest BCUT2D eigenvalue weighted by molar-refractivity contribution is 7.99. The summed E-state index contributed by atoms with van der Waals surface area (Å²) in [7, 11) is 0. The normalized spacial score (nSPS) is 13.3. The highest BCUT2D eigenvalue weighted by atomic mass is 32.2. The highest BCUT2D eigenvalue weighted by Crippen LogP contribution is 2.42. The van der Waals surface area contributed by atoms with Crippen molar-refractivity contribution in [3.63, 3.8) is 0 Å². The summed E-state index contributed by atoms with van der Waals surface area (Å²) in [6, 6.07) is 19.8. The van der Waals surface area contributed by atoms with Crippen LogP contribution in [0.5, 0.6) is 0 Å². The molecule has 0 spiro atoms. The molecule has 30 heavy (non-hydrogen) atoms. The molecule has 1 aliphatic rings. The molecular formula is C21H18N6OS2. The molecule has 9 heteroatoms. The Kier molecular flexibility index (Phi) is 5.29. The number of amides is 1. The van der Waals surface area contributed by atoms with Crippen LogP contribution in [0.15, 0.2) is 65.8 Å². The van der Waals surface area contributed by atoms with Crippen LogP contribution >= 0.6 is 23.1 Å². The lowest BCUT2D eigenvalue weighted by molar-refractivity contribution is -0.113. The van der Waals surface area contributed by atoms with E-state index in [1.807, 2.05) is 65.2 Å². The monoisotopic (exact) mass is 434 g/mol. The van der Waals surface area contributed by atoms with Crippen LogP contribution in [0.25, 0.3) is 17.1 Å². The van der Waals surface area contributed by atoms with Crippen LogP contribution in [0, 0.1) is 0 Å². The van der Waals surface area contributed by atoms with Gasteiger partial charge in [0.15, 0.2) is 11.0 Å². The number of anilines is 1. The molecular weight excluding hydrogens is 416 g/mol. The number of benzene rings is 2. The van der Waals surface area contributed by atoms with Gasteiger partial charge >= 0.3 is 0 Å². The SMILES string of the molecule is O=C(CSc1nnc(-c2ccccc2)n1-c1ccccc1)Nc1nnc(C2CC2)s1. The van der Waals surface area contributed by atoms with Crippen LogP contribution in [-0.4, -0.2) is 36.6 Å². The van der Waals surface area contributed by atoms with Gasteiger partial charge in [0.25, 0.3) is 0 Å². The summed E-state index contributed by atoms with van der Waals surface area (Å²) < 4.78 is 1.98. The number of nitrogens with one attached hydrogen (secondary N) is 1. The van der Waals surface area contributed by atoms with Gasteiger partial charge in [-0.1, -0.05) is 71.6 Å². The molecule has 2 aromatic heterocycles. The van der Waals surface area contributed by atoms with E-state index in [9.17, 15) is 4.79 Å². The Morgan fingerprint density at radius 1 is 1.00 bits per heavy atom. The van der Waals surface area contributed by atoms with Crippen molar-refractivity contribution in [2.75, 3.05) is 11.1 Å². The molecule has 0 atom stereocenters. The summed E-state index contributed by atoms with van der Waals surface area (Å²) in [6.45, 7) is 0. The molecule has 0 aliphatic heterocycles. The second kappa shape index (κ2) is 8.37. The zero-order valence-corrected chi connectivity index (χ0v) is 17.6. The first kappa shape index (κ1) is 19.0. The maximum absolute atomic E-state index is 12.5. The van der Waals surface area contributed by atoms with Gasteiger partial charge in [-0.25, -0.2) is 0 Å². The van der Waals surface area contributed by atoms with Gasteiger partial charge in [0, 0.05) is 17.2 Å². The van der Waals surface area contributed by atoms with Gasteiger partial charge in [0.05, 0.1) is 5.75 Å². The number of aromatic nitrogens is 5. The van der Waals surface area contributed by atoms with Gasteiger partial charge in [0.1, 0.15) is 5.01 Å². The number of thioether (sulfide) groups is 1. The highest BCUT2D eigenvalue weighted by Gasteiger charge is 2.27. The van der Waals surface area contributed by atoms with Crippen molar-refractivity contribution in [2.24, 2.45) is 0 Å². The molecule has 150 valence electrons. The molecule has 0 saturated heterocycles. The summed E-state index contributed by atoms with van der Waals surface area (Å²) >= 11 is 2.80. The van der Waals surface area contributed by atoms with E-state index in [0.29, 0.717) is 16.2 Å². The summed E-state index contributed by atoms with van der Waals surface area (Å²) in [6.07, 6.45) is 2.33. The average Bonchev–Trinajstić information content (AvgIpc) is 3.38. The third-order valence-electron chi connectivity index (χ3n) is 4.63. The Bertz CT molecular complexity index is 1150. The van der Waals surface area contributed by atoms with E-state index in [1.54, 1.807) is 0 Å². The van der Waals surface area contributed by atoms with Crippen molar-refractivity contribution in [3.8, 4) is 17.1 Å². The lowest BCUT2D eigenvalue weighted by Crippen LogP contribution is -2.14. The van der Waals surface area contributed by atoms with Crippen molar-refractivity contribution in [1.82, 2.24) is 25.0 Å². The molecule has 1 fully saturated rings. The molecule has 1 amide bonds.